The first kappa shape index (κ1) is 91.9. The quantitative estimate of drug-likeness (QED) is 0.0104. The molecule has 0 aromatic heterocycles. The standard InChI is InChI=1S/C77H124F5N3O20/c1-48-51(4)61(102-62(52(48)5)42-99-57(10)86)29-22-16-13-17-23-35-83-65(90)33-40-95-46-77(85-67(92)30-27-31-68(93)105-74-72(81)70(79)69(78)71(80)73(74)82,45-94-39-32-60(89)28-21-15-14-19-25-37-97-75-55(8)49(2)53(6)63(103-75)43-100-58(11)87)47-96-41-34-66(91)84-36-24-18-20-26-38-98-76-56(9)50(3)54(7)64(104-76)44-101-59(12)88/h48-56,61-64,75-76H,13-47H2,1-12H3,(H,83,90)(H,84,91)(H,85,92)/t48-,49+,50+,51?,52-,53-,54-,55?,56?,61+,62?,63?,64?,75-,76-,77?/m1/s1. The van der Waals surface area contributed by atoms with Crippen LogP contribution in [-0.4, -0.2) is 176 Å². The van der Waals surface area contributed by atoms with Crippen molar-refractivity contribution in [1.29, 1.82) is 0 Å². The fourth-order valence-electron chi connectivity index (χ4n) is 13.3. The Morgan fingerprint density at radius 2 is 0.752 bits per heavy atom. The number of hydrogen-bond acceptors (Lipinski definition) is 20. The molecule has 0 aliphatic carbocycles. The molecule has 23 nitrogen and oxygen atoms in total. The summed E-state index contributed by atoms with van der Waals surface area (Å²) in [5.74, 6) is -15.1. The van der Waals surface area contributed by atoms with E-state index in [1.54, 1.807) is 0 Å². The van der Waals surface area contributed by atoms with Crippen LogP contribution < -0.4 is 20.7 Å². The Labute approximate surface area is 618 Å². The predicted octanol–water partition coefficient (Wildman–Crippen LogP) is 12.2. The van der Waals surface area contributed by atoms with Gasteiger partial charge in [0.25, 0.3) is 0 Å². The second kappa shape index (κ2) is 49.5. The minimum Gasteiger partial charge on any atom is -0.463 e. The number of benzene rings is 1. The van der Waals surface area contributed by atoms with Gasteiger partial charge in [0.2, 0.25) is 52.6 Å². The number of Topliss-reactive ketones (excluding diaryl/α,β-unsaturated/α-hetero) is 1. The number of carbonyl (C=O) groups is 8. The van der Waals surface area contributed by atoms with Gasteiger partial charge in [-0.2, -0.15) is 8.78 Å². The molecule has 0 radical (unpaired) electrons. The minimum atomic E-state index is -2.44. The minimum absolute atomic E-state index is 0.0238. The Balaban J connectivity index is 1.33. The van der Waals surface area contributed by atoms with Gasteiger partial charge in [0.05, 0.1) is 64.1 Å². The fourth-order valence-corrected chi connectivity index (χ4v) is 13.3. The van der Waals surface area contributed by atoms with Crippen molar-refractivity contribution in [3.63, 3.8) is 0 Å². The summed E-state index contributed by atoms with van der Waals surface area (Å²) in [6.45, 7) is 24.4. The van der Waals surface area contributed by atoms with Crippen molar-refractivity contribution < 1.29 is 117 Å². The number of halogens is 5. The smallest absolute Gasteiger partial charge is 0.311 e. The van der Waals surface area contributed by atoms with E-state index in [2.05, 4.69) is 83.0 Å². The Kier molecular flexibility index (Phi) is 43.4. The van der Waals surface area contributed by atoms with Crippen molar-refractivity contribution >= 4 is 47.4 Å². The van der Waals surface area contributed by atoms with E-state index in [0.717, 1.165) is 83.5 Å². The van der Waals surface area contributed by atoms with E-state index in [4.69, 9.17) is 52.1 Å². The summed E-state index contributed by atoms with van der Waals surface area (Å²) >= 11 is 0. The van der Waals surface area contributed by atoms with Crippen LogP contribution in [0.3, 0.4) is 0 Å². The molecule has 4 rings (SSSR count). The summed E-state index contributed by atoms with van der Waals surface area (Å²) in [5, 5.41) is 8.68. The van der Waals surface area contributed by atoms with Crippen molar-refractivity contribution in [3.8, 4) is 5.75 Å². The van der Waals surface area contributed by atoms with E-state index in [1.807, 2.05) is 0 Å². The van der Waals surface area contributed by atoms with Crippen molar-refractivity contribution in [3.05, 3.63) is 29.1 Å². The summed E-state index contributed by atoms with van der Waals surface area (Å²) < 4.78 is 140. The Morgan fingerprint density at radius 1 is 0.371 bits per heavy atom. The number of rotatable bonds is 52. The first-order chi connectivity index (χ1) is 50.0. The highest BCUT2D eigenvalue weighted by Gasteiger charge is 2.43. The number of ketones is 1. The number of esters is 4. The molecule has 1 aromatic carbocycles. The van der Waals surface area contributed by atoms with Crippen LogP contribution >= 0.6 is 0 Å². The number of ether oxygens (including phenoxy) is 12. The molecule has 0 spiro atoms. The highest BCUT2D eigenvalue weighted by atomic mass is 19.2. The van der Waals surface area contributed by atoms with Gasteiger partial charge in [-0.15, -0.1) is 0 Å². The molecular weight excluding hydrogens is 1380 g/mol. The maximum Gasteiger partial charge on any atom is 0.311 e. The van der Waals surface area contributed by atoms with Gasteiger partial charge in [0.15, 0.2) is 12.6 Å². The van der Waals surface area contributed by atoms with E-state index in [1.165, 1.54) is 20.8 Å². The molecule has 3 aliphatic rings. The van der Waals surface area contributed by atoms with Crippen molar-refractivity contribution in [2.24, 2.45) is 53.3 Å². The van der Waals surface area contributed by atoms with Gasteiger partial charge >= 0.3 is 23.9 Å². The van der Waals surface area contributed by atoms with Gasteiger partial charge in [-0.05, 0) is 86.4 Å². The lowest BCUT2D eigenvalue weighted by atomic mass is 9.75. The molecule has 3 fully saturated rings. The van der Waals surface area contributed by atoms with Gasteiger partial charge in [-0.25, -0.2) is 13.2 Å². The van der Waals surface area contributed by atoms with Crippen molar-refractivity contribution in [1.82, 2.24) is 16.0 Å². The van der Waals surface area contributed by atoms with Crippen LogP contribution in [0.25, 0.3) is 0 Å². The highest BCUT2D eigenvalue weighted by molar-refractivity contribution is 5.79. The van der Waals surface area contributed by atoms with Gasteiger partial charge in [0, 0.05) is 97.4 Å². The average molecular weight is 1510 g/mol. The molecule has 3 heterocycles. The second-order valence-electron chi connectivity index (χ2n) is 29.4. The maximum atomic E-state index is 14.4. The van der Waals surface area contributed by atoms with Crippen LogP contribution in [0.2, 0.25) is 0 Å². The third-order valence-electron chi connectivity index (χ3n) is 21.2. The van der Waals surface area contributed by atoms with E-state index < -0.39 is 77.7 Å². The molecule has 602 valence electrons. The third kappa shape index (κ3) is 33.5. The lowest BCUT2D eigenvalue weighted by Crippen LogP contribution is -2.58. The molecule has 3 amide bonds. The van der Waals surface area contributed by atoms with Crippen LogP contribution in [0.4, 0.5) is 22.0 Å². The first-order valence-electron chi connectivity index (χ1n) is 38.4. The monoisotopic (exact) mass is 1510 g/mol. The lowest BCUT2D eigenvalue weighted by Gasteiger charge is -2.43. The number of amides is 3. The molecule has 0 bridgehead atoms. The number of hydrogen-bond donors (Lipinski definition) is 3. The van der Waals surface area contributed by atoms with E-state index in [-0.39, 0.29) is 181 Å². The van der Waals surface area contributed by atoms with Gasteiger partial charge in [-0.3, -0.25) is 38.4 Å². The van der Waals surface area contributed by atoms with Crippen LogP contribution in [0.1, 0.15) is 224 Å². The molecular formula is C77H124F5N3O20. The van der Waals surface area contributed by atoms with Crippen molar-refractivity contribution in [2.75, 3.05) is 85.8 Å². The van der Waals surface area contributed by atoms with E-state index in [9.17, 15) is 60.3 Å². The van der Waals surface area contributed by atoms with E-state index in [0.29, 0.717) is 63.3 Å². The molecule has 1 aromatic rings. The molecule has 16 atom stereocenters. The van der Waals surface area contributed by atoms with Gasteiger partial charge in [0.1, 0.15) is 31.1 Å². The topological polar surface area (TPSA) is 283 Å². The zero-order valence-electron chi connectivity index (χ0n) is 64.5. The Hall–Kier alpha value is -5.49. The zero-order valence-corrected chi connectivity index (χ0v) is 64.5. The molecule has 3 aliphatic heterocycles. The summed E-state index contributed by atoms with van der Waals surface area (Å²) in [7, 11) is 0. The average Bonchev–Trinajstić information content (AvgIpc) is 0.813. The van der Waals surface area contributed by atoms with Gasteiger partial charge < -0.3 is 72.8 Å². The normalized spacial score (nSPS) is 25.2. The van der Waals surface area contributed by atoms with Crippen LogP contribution in [-0.2, 0) is 90.5 Å². The molecule has 0 saturated carbocycles. The summed E-state index contributed by atoms with van der Waals surface area (Å²) in [6.07, 6.45) is 9.74. The Bertz CT molecular complexity index is 2570. The predicted molar refractivity (Wildman–Crippen MR) is 378 cm³/mol. The number of nitrogens with one attached hydrogen (secondary N) is 3. The largest absolute Gasteiger partial charge is 0.463 e. The SMILES string of the molecule is CC(=O)OCC1O[C@@H](OCCCCCCCC(=O)CCOCC(COCCC(=O)NCCCCCCC[C@@H]2OC(COC(C)=O)[C@H](C)[C@H](C)C2C)(COCCC(=O)NCCCCCCO[C@@H]2OC(COC(C)=O)[C@H](C)[C@H](C)C2C)NC(=O)CCCC(=O)Oc2c(F)c(F)c(F)c(F)c2F)C(C)[C@@H](C)[C@H]1C. The molecule has 3 saturated heterocycles. The zero-order chi connectivity index (χ0) is 77.6. The van der Waals surface area contributed by atoms with E-state index >= 15 is 0 Å². The van der Waals surface area contributed by atoms with Gasteiger partial charge in [-0.1, -0.05) is 120 Å². The third-order valence-corrected chi connectivity index (χ3v) is 21.2. The van der Waals surface area contributed by atoms with Crippen LogP contribution in [0.15, 0.2) is 0 Å². The van der Waals surface area contributed by atoms with Crippen LogP contribution in [0.5, 0.6) is 5.75 Å². The lowest BCUT2D eigenvalue weighted by molar-refractivity contribution is -0.255. The molecule has 105 heavy (non-hydrogen) atoms. The number of carbonyl (C=O) groups excluding carboxylic acids is 8. The summed E-state index contributed by atoms with van der Waals surface area (Å²) in [4.78, 5) is 100. The van der Waals surface area contributed by atoms with Crippen molar-refractivity contribution in [2.45, 2.75) is 267 Å². The summed E-state index contributed by atoms with van der Waals surface area (Å²) in [6, 6.07) is 0. The number of unbranched alkanes of at least 4 members (excludes halogenated alkanes) is 11. The molecule has 7 unspecified atom stereocenters. The fraction of sp³-hybridized carbons (Fsp3) is 0.818. The molecule has 3 N–H and O–H groups in total. The second-order valence-corrected chi connectivity index (χ2v) is 29.4. The Morgan fingerprint density at radius 3 is 1.21 bits per heavy atom. The molecule has 28 heteroatoms. The van der Waals surface area contributed by atoms with Crippen LogP contribution in [0, 0.1) is 82.3 Å². The first-order valence-corrected chi connectivity index (χ1v) is 38.4. The maximum absolute atomic E-state index is 14.4. The highest BCUT2D eigenvalue weighted by Crippen LogP contribution is 2.39. The summed E-state index contributed by atoms with van der Waals surface area (Å²) in [5.41, 5.74) is -1.55.